The number of hydrogen-bond acceptors (Lipinski definition) is 6. The van der Waals surface area contributed by atoms with Gasteiger partial charge in [0.1, 0.15) is 0 Å². The van der Waals surface area contributed by atoms with E-state index in [1.54, 1.807) is 0 Å². The van der Waals surface area contributed by atoms with Gasteiger partial charge >= 0.3 is 11.9 Å². The number of carbonyl (C=O) groups is 2. The van der Waals surface area contributed by atoms with Crippen LogP contribution in [0.15, 0.2) is 0 Å². The smallest absolute Gasteiger partial charge is 0.346 e. The Morgan fingerprint density at radius 1 is 1.25 bits per heavy atom. The fourth-order valence-electron chi connectivity index (χ4n) is 0.467. The fourth-order valence-corrected chi connectivity index (χ4v) is 0.467. The SMILES string of the molecule is COC(=O)[C@H](C)OC(=O)C(N)N. The van der Waals surface area contributed by atoms with Crippen LogP contribution in [-0.2, 0) is 19.1 Å². The van der Waals surface area contributed by atoms with Gasteiger partial charge < -0.3 is 20.9 Å². The first kappa shape index (κ1) is 10.9. The van der Waals surface area contributed by atoms with Gasteiger partial charge in [0.25, 0.3) is 0 Å². The van der Waals surface area contributed by atoms with E-state index in [1.807, 2.05) is 0 Å². The van der Waals surface area contributed by atoms with Crippen LogP contribution in [0.1, 0.15) is 6.92 Å². The molecule has 0 spiro atoms. The van der Waals surface area contributed by atoms with Crippen LogP contribution in [-0.4, -0.2) is 31.3 Å². The number of rotatable bonds is 3. The van der Waals surface area contributed by atoms with Crippen LogP contribution in [0.25, 0.3) is 0 Å². The minimum absolute atomic E-state index is 0.649. The lowest BCUT2D eigenvalue weighted by Gasteiger charge is -2.11. The van der Waals surface area contributed by atoms with Crippen molar-refractivity contribution in [2.45, 2.75) is 19.2 Å². The van der Waals surface area contributed by atoms with Gasteiger partial charge in [-0.15, -0.1) is 0 Å². The minimum atomic E-state index is -1.22. The first-order valence-corrected chi connectivity index (χ1v) is 3.28. The van der Waals surface area contributed by atoms with Crippen molar-refractivity contribution in [3.05, 3.63) is 0 Å². The van der Waals surface area contributed by atoms with E-state index in [-0.39, 0.29) is 0 Å². The number of carbonyl (C=O) groups excluding carboxylic acids is 2. The third-order valence-electron chi connectivity index (χ3n) is 1.10. The molecule has 6 nitrogen and oxygen atoms in total. The highest BCUT2D eigenvalue weighted by Crippen LogP contribution is 1.94. The Kier molecular flexibility index (Phi) is 4.24. The van der Waals surface area contributed by atoms with Gasteiger partial charge in [-0.1, -0.05) is 0 Å². The molecule has 0 aromatic heterocycles. The third kappa shape index (κ3) is 3.31. The molecule has 0 radical (unpaired) electrons. The Balaban J connectivity index is 3.92. The summed E-state index contributed by atoms with van der Waals surface area (Å²) >= 11 is 0. The average Bonchev–Trinajstić information content (AvgIpc) is 2.02. The van der Waals surface area contributed by atoms with Gasteiger partial charge in [-0.2, -0.15) is 0 Å². The fraction of sp³-hybridized carbons (Fsp3) is 0.667. The summed E-state index contributed by atoms with van der Waals surface area (Å²) in [6.45, 7) is 1.37. The standard InChI is InChI=1S/C6H12N2O4/c1-3(5(9)11-2)12-6(10)4(7)8/h3-4H,7-8H2,1-2H3/t3-/m0/s1. The molecule has 70 valence electrons. The maximum Gasteiger partial charge on any atom is 0.346 e. The Morgan fingerprint density at radius 3 is 2.08 bits per heavy atom. The van der Waals surface area contributed by atoms with Crippen molar-refractivity contribution < 1.29 is 19.1 Å². The minimum Gasteiger partial charge on any atom is -0.466 e. The second-order valence-corrected chi connectivity index (χ2v) is 2.13. The highest BCUT2D eigenvalue weighted by molar-refractivity contribution is 5.80. The molecule has 0 heterocycles. The van der Waals surface area contributed by atoms with Crippen LogP contribution in [0.2, 0.25) is 0 Å². The van der Waals surface area contributed by atoms with Crippen molar-refractivity contribution in [2.24, 2.45) is 11.5 Å². The van der Waals surface area contributed by atoms with E-state index in [4.69, 9.17) is 11.5 Å². The molecule has 6 heteroatoms. The van der Waals surface area contributed by atoms with Crippen LogP contribution in [0.4, 0.5) is 0 Å². The van der Waals surface area contributed by atoms with E-state index in [2.05, 4.69) is 9.47 Å². The van der Waals surface area contributed by atoms with Gasteiger partial charge in [-0.25, -0.2) is 9.59 Å². The molecule has 0 aliphatic rings. The number of hydrogen-bond donors (Lipinski definition) is 2. The summed E-state index contributed by atoms with van der Waals surface area (Å²) in [5.74, 6) is -1.49. The summed E-state index contributed by atoms with van der Waals surface area (Å²) in [4.78, 5) is 21.4. The normalized spacial score (nSPS) is 12.4. The zero-order valence-electron chi connectivity index (χ0n) is 6.94. The molecule has 0 aliphatic heterocycles. The third-order valence-corrected chi connectivity index (χ3v) is 1.10. The van der Waals surface area contributed by atoms with Crippen LogP contribution in [0.5, 0.6) is 0 Å². The van der Waals surface area contributed by atoms with Crippen molar-refractivity contribution in [3.8, 4) is 0 Å². The summed E-state index contributed by atoms with van der Waals surface area (Å²) in [5, 5.41) is 0. The maximum atomic E-state index is 10.7. The second kappa shape index (κ2) is 4.68. The molecule has 0 aliphatic carbocycles. The van der Waals surface area contributed by atoms with E-state index in [0.29, 0.717) is 0 Å². The lowest BCUT2D eigenvalue weighted by atomic mass is 10.4. The molecule has 0 aromatic carbocycles. The average molecular weight is 176 g/mol. The Bertz CT molecular complexity index is 180. The molecule has 0 bridgehead atoms. The Hall–Kier alpha value is -1.14. The van der Waals surface area contributed by atoms with Crippen molar-refractivity contribution in [3.63, 3.8) is 0 Å². The molecule has 0 rings (SSSR count). The molecule has 0 unspecified atom stereocenters. The van der Waals surface area contributed by atoms with Gasteiger partial charge in [0.05, 0.1) is 7.11 Å². The van der Waals surface area contributed by atoms with Gasteiger partial charge in [-0.05, 0) is 6.92 Å². The topological polar surface area (TPSA) is 105 Å². The number of esters is 2. The Labute approximate surface area is 69.8 Å². The van der Waals surface area contributed by atoms with Gasteiger partial charge in [0.15, 0.2) is 12.3 Å². The zero-order chi connectivity index (χ0) is 9.72. The van der Waals surface area contributed by atoms with Crippen LogP contribution in [0.3, 0.4) is 0 Å². The summed E-state index contributed by atoms with van der Waals surface area (Å²) in [5.41, 5.74) is 9.95. The molecule has 0 amide bonds. The summed E-state index contributed by atoms with van der Waals surface area (Å²) in [6.07, 6.45) is -2.20. The van der Waals surface area contributed by atoms with Gasteiger partial charge in [0, 0.05) is 0 Å². The van der Waals surface area contributed by atoms with Gasteiger partial charge in [-0.3, -0.25) is 0 Å². The van der Waals surface area contributed by atoms with Crippen molar-refractivity contribution in [1.29, 1.82) is 0 Å². The van der Waals surface area contributed by atoms with E-state index in [9.17, 15) is 9.59 Å². The second-order valence-electron chi connectivity index (χ2n) is 2.13. The van der Waals surface area contributed by atoms with Crippen molar-refractivity contribution in [2.75, 3.05) is 7.11 Å². The summed E-state index contributed by atoms with van der Waals surface area (Å²) in [7, 11) is 1.19. The zero-order valence-corrected chi connectivity index (χ0v) is 6.94. The lowest BCUT2D eigenvalue weighted by molar-refractivity contribution is -0.165. The highest BCUT2D eigenvalue weighted by Gasteiger charge is 2.20. The van der Waals surface area contributed by atoms with E-state index >= 15 is 0 Å². The number of ether oxygens (including phenoxy) is 2. The quantitative estimate of drug-likeness (QED) is 0.393. The molecular formula is C6H12N2O4. The summed E-state index contributed by atoms with van der Waals surface area (Å²) < 4.78 is 8.80. The number of methoxy groups -OCH3 is 1. The van der Waals surface area contributed by atoms with Crippen LogP contribution in [0, 0.1) is 0 Å². The van der Waals surface area contributed by atoms with Crippen LogP contribution >= 0.6 is 0 Å². The first-order valence-electron chi connectivity index (χ1n) is 3.28. The molecule has 4 N–H and O–H groups in total. The molecule has 0 saturated carbocycles. The molecule has 0 fully saturated rings. The van der Waals surface area contributed by atoms with Gasteiger partial charge in [0.2, 0.25) is 0 Å². The molecular weight excluding hydrogens is 164 g/mol. The van der Waals surface area contributed by atoms with Crippen molar-refractivity contribution in [1.82, 2.24) is 0 Å². The molecule has 0 saturated heterocycles. The first-order chi connectivity index (χ1) is 5.49. The lowest BCUT2D eigenvalue weighted by Crippen LogP contribution is -2.43. The monoisotopic (exact) mass is 176 g/mol. The maximum absolute atomic E-state index is 10.7. The summed E-state index contributed by atoms with van der Waals surface area (Å²) in [6, 6.07) is 0. The highest BCUT2D eigenvalue weighted by atomic mass is 16.6. The molecule has 0 aromatic rings. The largest absolute Gasteiger partial charge is 0.466 e. The van der Waals surface area contributed by atoms with Crippen LogP contribution < -0.4 is 11.5 Å². The van der Waals surface area contributed by atoms with E-state index < -0.39 is 24.2 Å². The molecule has 12 heavy (non-hydrogen) atoms. The van der Waals surface area contributed by atoms with E-state index in [1.165, 1.54) is 14.0 Å². The van der Waals surface area contributed by atoms with Crippen molar-refractivity contribution >= 4 is 11.9 Å². The predicted molar refractivity (Wildman–Crippen MR) is 39.7 cm³/mol. The predicted octanol–water partition coefficient (Wildman–Crippen LogP) is -1.67. The Morgan fingerprint density at radius 2 is 1.75 bits per heavy atom. The van der Waals surface area contributed by atoms with E-state index in [0.717, 1.165) is 0 Å². The molecule has 1 atom stereocenters. The number of nitrogens with two attached hydrogens (primary N) is 2.